The predicted octanol–water partition coefficient (Wildman–Crippen LogP) is 6.35. The lowest BCUT2D eigenvalue weighted by Gasteiger charge is -2.05. The molecule has 0 bridgehead atoms. The van der Waals surface area contributed by atoms with Crippen LogP contribution in [-0.4, -0.2) is 9.78 Å². The first-order valence-electron chi connectivity index (χ1n) is 10.4. The molecule has 4 nitrogen and oxygen atoms in total. The smallest absolute Gasteiger partial charge is 0.204 e. The number of hydrogen-bond acceptors (Lipinski definition) is 3. The Bertz CT molecular complexity index is 1460. The van der Waals surface area contributed by atoms with E-state index in [0.717, 1.165) is 33.8 Å². The predicted molar refractivity (Wildman–Crippen MR) is 129 cm³/mol. The third-order valence-electron chi connectivity index (χ3n) is 5.08. The van der Waals surface area contributed by atoms with Crippen LogP contribution in [-0.2, 0) is 0 Å². The van der Waals surface area contributed by atoms with Gasteiger partial charge in [0.2, 0.25) is 5.43 Å². The van der Waals surface area contributed by atoms with Crippen LogP contribution in [0, 0.1) is 0 Å². The first-order valence-corrected chi connectivity index (χ1v) is 10.4. The first kappa shape index (κ1) is 19.5. The van der Waals surface area contributed by atoms with E-state index in [1.54, 1.807) is 16.8 Å². The molecule has 0 N–H and O–H groups in total. The molecule has 0 saturated heterocycles. The van der Waals surface area contributed by atoms with E-state index in [9.17, 15) is 4.79 Å². The molecular formula is C28H20N2O2. The highest BCUT2D eigenvalue weighted by Gasteiger charge is 2.12. The molecule has 4 heteroatoms. The van der Waals surface area contributed by atoms with Crippen LogP contribution in [0.25, 0.3) is 28.7 Å². The second kappa shape index (κ2) is 8.74. The monoisotopic (exact) mass is 416 g/mol. The van der Waals surface area contributed by atoms with E-state index in [-0.39, 0.29) is 5.43 Å². The molecule has 1 aromatic heterocycles. The zero-order valence-electron chi connectivity index (χ0n) is 17.3. The van der Waals surface area contributed by atoms with Gasteiger partial charge in [0.15, 0.2) is 0 Å². The molecule has 0 saturated carbocycles. The van der Waals surface area contributed by atoms with Gasteiger partial charge in [-0.2, -0.15) is 5.10 Å². The Morgan fingerprint density at radius 1 is 0.688 bits per heavy atom. The summed E-state index contributed by atoms with van der Waals surface area (Å²) in [5, 5.41) is 5.55. The number of fused-ring (bicyclic) bond motifs is 1. The zero-order valence-corrected chi connectivity index (χ0v) is 17.3. The van der Waals surface area contributed by atoms with Gasteiger partial charge in [-0.25, -0.2) is 4.68 Å². The molecule has 0 aliphatic heterocycles. The van der Waals surface area contributed by atoms with E-state index in [4.69, 9.17) is 9.84 Å². The van der Waals surface area contributed by atoms with E-state index in [2.05, 4.69) is 0 Å². The quantitative estimate of drug-likeness (QED) is 0.335. The van der Waals surface area contributed by atoms with Gasteiger partial charge in [0.05, 0.1) is 11.4 Å². The number of ether oxygens (including phenoxy) is 1. The minimum absolute atomic E-state index is 0.0701. The molecule has 4 aromatic carbocycles. The molecule has 0 unspecified atom stereocenters. The third kappa shape index (κ3) is 4.07. The van der Waals surface area contributed by atoms with Crippen molar-refractivity contribution in [2.75, 3.05) is 0 Å². The molecule has 154 valence electrons. The highest BCUT2D eigenvalue weighted by molar-refractivity contribution is 5.90. The second-order valence-corrected chi connectivity index (χ2v) is 7.30. The summed E-state index contributed by atoms with van der Waals surface area (Å²) in [7, 11) is 0. The van der Waals surface area contributed by atoms with Crippen molar-refractivity contribution >= 4 is 23.1 Å². The van der Waals surface area contributed by atoms with Crippen molar-refractivity contribution in [3.8, 4) is 17.2 Å². The van der Waals surface area contributed by atoms with Gasteiger partial charge in [0, 0.05) is 5.39 Å². The molecule has 0 fully saturated rings. The van der Waals surface area contributed by atoms with Crippen LogP contribution in [0.4, 0.5) is 0 Å². The fourth-order valence-electron chi connectivity index (χ4n) is 3.58. The summed E-state index contributed by atoms with van der Waals surface area (Å²) in [5.41, 5.74) is 3.04. The van der Waals surface area contributed by atoms with E-state index >= 15 is 0 Å². The molecule has 0 aliphatic carbocycles. The third-order valence-corrected chi connectivity index (χ3v) is 5.08. The minimum atomic E-state index is -0.0701. The average Bonchev–Trinajstić information content (AvgIpc) is 3.09. The number of rotatable bonds is 5. The van der Waals surface area contributed by atoms with Crippen LogP contribution in [0.5, 0.6) is 11.5 Å². The van der Waals surface area contributed by atoms with Gasteiger partial charge < -0.3 is 4.74 Å². The van der Waals surface area contributed by atoms with Crippen molar-refractivity contribution in [2.24, 2.45) is 0 Å². The SMILES string of the molecule is O=c1ccccc2c(/C=C/c3cccc(Oc4ccccc4)c3)nn(-c3ccccc3)c12. The maximum absolute atomic E-state index is 12.8. The van der Waals surface area contributed by atoms with Gasteiger partial charge in [-0.05, 0) is 54.1 Å². The van der Waals surface area contributed by atoms with Crippen molar-refractivity contribution in [3.05, 3.63) is 131 Å². The molecule has 0 aliphatic rings. The molecule has 0 amide bonds. The summed E-state index contributed by atoms with van der Waals surface area (Å²) in [6.07, 6.45) is 3.91. The standard InChI is InChI=1S/C28H20N2O2/c31-27-17-8-7-16-25-26(29-30(28(25)27)22-11-3-1-4-12-22)19-18-21-10-9-15-24(20-21)32-23-13-5-2-6-14-23/h1-20H/b19-18+. The van der Waals surface area contributed by atoms with E-state index in [1.807, 2.05) is 109 Å². The summed E-state index contributed by atoms with van der Waals surface area (Å²) in [6, 6.07) is 34.4. The normalized spacial score (nSPS) is 11.1. The van der Waals surface area contributed by atoms with E-state index < -0.39 is 0 Å². The molecule has 1 heterocycles. The Morgan fingerprint density at radius 3 is 2.19 bits per heavy atom. The Kier molecular flexibility index (Phi) is 5.33. The number of nitrogens with zero attached hydrogens (tertiary/aromatic N) is 2. The maximum Gasteiger partial charge on any atom is 0.204 e. The van der Waals surface area contributed by atoms with Crippen molar-refractivity contribution < 1.29 is 4.74 Å². The van der Waals surface area contributed by atoms with Crippen LogP contribution in [0.15, 0.2) is 114 Å². The second-order valence-electron chi connectivity index (χ2n) is 7.30. The van der Waals surface area contributed by atoms with Crippen LogP contribution in [0.2, 0.25) is 0 Å². The lowest BCUT2D eigenvalue weighted by Crippen LogP contribution is -2.04. The van der Waals surface area contributed by atoms with Crippen molar-refractivity contribution in [2.45, 2.75) is 0 Å². The van der Waals surface area contributed by atoms with E-state index in [0.29, 0.717) is 5.52 Å². The van der Waals surface area contributed by atoms with Crippen LogP contribution < -0.4 is 10.2 Å². The summed E-state index contributed by atoms with van der Waals surface area (Å²) < 4.78 is 7.65. The Balaban J connectivity index is 1.54. The van der Waals surface area contributed by atoms with Crippen molar-refractivity contribution in [3.63, 3.8) is 0 Å². The first-order chi connectivity index (χ1) is 15.8. The largest absolute Gasteiger partial charge is 0.457 e. The van der Waals surface area contributed by atoms with Gasteiger partial charge >= 0.3 is 0 Å². The minimum Gasteiger partial charge on any atom is -0.457 e. The Hall–Kier alpha value is -4.44. The highest BCUT2D eigenvalue weighted by atomic mass is 16.5. The zero-order chi connectivity index (χ0) is 21.8. The highest BCUT2D eigenvalue weighted by Crippen LogP contribution is 2.24. The molecular weight excluding hydrogens is 396 g/mol. The Labute approximate surface area is 185 Å². The molecule has 0 atom stereocenters. The van der Waals surface area contributed by atoms with Gasteiger partial charge in [-0.1, -0.05) is 72.8 Å². The fraction of sp³-hybridized carbons (Fsp3) is 0. The summed E-state index contributed by atoms with van der Waals surface area (Å²) >= 11 is 0. The lowest BCUT2D eigenvalue weighted by molar-refractivity contribution is 0.482. The number of hydrogen-bond donors (Lipinski definition) is 0. The number of benzene rings is 3. The molecule has 32 heavy (non-hydrogen) atoms. The average molecular weight is 416 g/mol. The fourth-order valence-corrected chi connectivity index (χ4v) is 3.58. The number of aromatic nitrogens is 2. The number of para-hydroxylation sites is 2. The Morgan fingerprint density at radius 2 is 1.38 bits per heavy atom. The molecule has 5 rings (SSSR count). The lowest BCUT2D eigenvalue weighted by atomic mass is 10.1. The van der Waals surface area contributed by atoms with Crippen LogP contribution in [0.1, 0.15) is 11.3 Å². The van der Waals surface area contributed by atoms with Gasteiger partial charge in [0.1, 0.15) is 17.0 Å². The van der Waals surface area contributed by atoms with Gasteiger partial charge in [-0.3, -0.25) is 4.79 Å². The molecule has 5 aromatic rings. The summed E-state index contributed by atoms with van der Waals surface area (Å²) in [5.74, 6) is 1.54. The molecule has 0 radical (unpaired) electrons. The van der Waals surface area contributed by atoms with Crippen LogP contribution >= 0.6 is 0 Å². The maximum atomic E-state index is 12.8. The van der Waals surface area contributed by atoms with Gasteiger partial charge in [-0.15, -0.1) is 0 Å². The summed E-state index contributed by atoms with van der Waals surface area (Å²) in [4.78, 5) is 12.8. The molecule has 0 spiro atoms. The van der Waals surface area contributed by atoms with Gasteiger partial charge in [0.25, 0.3) is 0 Å². The van der Waals surface area contributed by atoms with Crippen molar-refractivity contribution in [1.82, 2.24) is 9.78 Å². The topological polar surface area (TPSA) is 44.1 Å². The van der Waals surface area contributed by atoms with Crippen LogP contribution in [0.3, 0.4) is 0 Å². The van der Waals surface area contributed by atoms with E-state index in [1.165, 1.54) is 0 Å². The van der Waals surface area contributed by atoms with Crippen molar-refractivity contribution in [1.29, 1.82) is 0 Å². The summed E-state index contributed by atoms with van der Waals surface area (Å²) in [6.45, 7) is 0.